The van der Waals surface area contributed by atoms with Gasteiger partial charge >= 0.3 is 0 Å². The predicted molar refractivity (Wildman–Crippen MR) is 52.9 cm³/mol. The van der Waals surface area contributed by atoms with Crippen molar-refractivity contribution in [2.24, 2.45) is 10.9 Å². The first-order valence-corrected chi connectivity index (χ1v) is 5.30. The van der Waals surface area contributed by atoms with E-state index in [1.807, 2.05) is 0 Å². The van der Waals surface area contributed by atoms with Crippen molar-refractivity contribution >= 4 is 5.84 Å². The number of rotatable bonds is 2. The Hall–Kier alpha value is -0.570. The molecule has 1 aliphatic heterocycles. The molecule has 0 aromatic heterocycles. The zero-order valence-electron chi connectivity index (χ0n) is 8.00. The monoisotopic (exact) mass is 182 g/mol. The summed E-state index contributed by atoms with van der Waals surface area (Å²) in [5, 5.41) is 12.7. The summed E-state index contributed by atoms with van der Waals surface area (Å²) in [7, 11) is 0. The predicted octanol–water partition coefficient (Wildman–Crippen LogP) is 0.929. The lowest BCUT2D eigenvalue weighted by Crippen LogP contribution is -2.27. The molecular formula is C10H18N2O. The molecule has 0 aromatic carbocycles. The first-order chi connectivity index (χ1) is 6.34. The largest absolute Gasteiger partial charge is 0.393 e. The van der Waals surface area contributed by atoms with E-state index < -0.39 is 0 Å². The molecule has 0 saturated heterocycles. The molecule has 1 saturated carbocycles. The number of nitrogens with zero attached hydrogens (tertiary/aromatic N) is 1. The van der Waals surface area contributed by atoms with Crippen molar-refractivity contribution < 1.29 is 5.11 Å². The van der Waals surface area contributed by atoms with Gasteiger partial charge in [0.15, 0.2) is 0 Å². The first-order valence-electron chi connectivity index (χ1n) is 5.30. The molecule has 0 spiro atoms. The van der Waals surface area contributed by atoms with Gasteiger partial charge in [0, 0.05) is 19.5 Å². The van der Waals surface area contributed by atoms with Crippen LogP contribution < -0.4 is 5.32 Å². The Balaban J connectivity index is 1.67. The Bertz CT molecular complexity index is 203. The molecular weight excluding hydrogens is 164 g/mol. The lowest BCUT2D eigenvalue weighted by molar-refractivity contribution is 0.178. The quantitative estimate of drug-likeness (QED) is 0.667. The highest BCUT2D eigenvalue weighted by Gasteiger charge is 2.22. The average Bonchev–Trinajstić information content (AvgIpc) is 2.71. The van der Waals surface area contributed by atoms with Crippen LogP contribution in [-0.2, 0) is 0 Å². The van der Waals surface area contributed by atoms with Crippen molar-refractivity contribution in [3.8, 4) is 0 Å². The number of nitrogens with one attached hydrogen (secondary N) is 1. The summed E-state index contributed by atoms with van der Waals surface area (Å²) in [5.74, 6) is 1.85. The minimum Gasteiger partial charge on any atom is -0.393 e. The molecule has 0 amide bonds. The molecule has 1 heterocycles. The fourth-order valence-corrected chi connectivity index (χ4v) is 2.18. The van der Waals surface area contributed by atoms with Crippen LogP contribution in [0, 0.1) is 5.92 Å². The van der Waals surface area contributed by atoms with Crippen molar-refractivity contribution in [1.29, 1.82) is 0 Å². The van der Waals surface area contributed by atoms with Gasteiger partial charge in [-0.2, -0.15) is 0 Å². The van der Waals surface area contributed by atoms with Crippen LogP contribution in [0.2, 0.25) is 0 Å². The number of aliphatic hydroxyl groups is 1. The average molecular weight is 182 g/mol. The van der Waals surface area contributed by atoms with Gasteiger partial charge in [-0.3, -0.25) is 4.99 Å². The maximum atomic E-state index is 9.33. The van der Waals surface area contributed by atoms with Gasteiger partial charge in [0.1, 0.15) is 0 Å². The molecule has 2 unspecified atom stereocenters. The standard InChI is InChI=1S/C10H18N2O/c13-9-4-3-8(6-9)7-12-10-2-1-5-11-10/h8-9,13H,1-7H2,(H,11,12). The van der Waals surface area contributed by atoms with Gasteiger partial charge < -0.3 is 10.4 Å². The van der Waals surface area contributed by atoms with Crippen LogP contribution in [0.5, 0.6) is 0 Å². The van der Waals surface area contributed by atoms with E-state index in [1.54, 1.807) is 0 Å². The Labute approximate surface area is 79.3 Å². The van der Waals surface area contributed by atoms with Gasteiger partial charge in [-0.25, -0.2) is 0 Å². The highest BCUT2D eigenvalue weighted by Crippen LogP contribution is 2.24. The second-order valence-corrected chi connectivity index (χ2v) is 4.15. The lowest BCUT2D eigenvalue weighted by atomic mass is 10.1. The summed E-state index contributed by atoms with van der Waals surface area (Å²) in [5.41, 5.74) is 0. The number of aliphatic hydroxyl groups excluding tert-OH is 1. The summed E-state index contributed by atoms with van der Waals surface area (Å²) in [6, 6.07) is 0. The summed E-state index contributed by atoms with van der Waals surface area (Å²) in [4.78, 5) is 4.36. The zero-order valence-corrected chi connectivity index (χ0v) is 8.00. The van der Waals surface area contributed by atoms with E-state index in [0.717, 1.165) is 32.4 Å². The molecule has 3 heteroatoms. The fourth-order valence-electron chi connectivity index (χ4n) is 2.18. The molecule has 2 rings (SSSR count). The molecule has 1 fully saturated rings. The van der Waals surface area contributed by atoms with Crippen LogP contribution in [0.15, 0.2) is 4.99 Å². The van der Waals surface area contributed by atoms with Crippen molar-refractivity contribution in [2.75, 3.05) is 13.1 Å². The van der Waals surface area contributed by atoms with E-state index in [-0.39, 0.29) is 6.10 Å². The topological polar surface area (TPSA) is 44.6 Å². The zero-order chi connectivity index (χ0) is 9.10. The van der Waals surface area contributed by atoms with Crippen LogP contribution >= 0.6 is 0 Å². The Morgan fingerprint density at radius 3 is 3.00 bits per heavy atom. The first kappa shape index (κ1) is 9.00. The molecule has 13 heavy (non-hydrogen) atoms. The minimum atomic E-state index is -0.0442. The van der Waals surface area contributed by atoms with E-state index in [9.17, 15) is 5.11 Å². The summed E-state index contributed by atoms with van der Waals surface area (Å²) in [6.45, 7) is 2.01. The summed E-state index contributed by atoms with van der Waals surface area (Å²) >= 11 is 0. The molecule has 2 N–H and O–H groups in total. The van der Waals surface area contributed by atoms with Crippen LogP contribution in [0.4, 0.5) is 0 Å². The Kier molecular flexibility index (Phi) is 2.83. The van der Waals surface area contributed by atoms with E-state index in [1.165, 1.54) is 18.7 Å². The Morgan fingerprint density at radius 1 is 1.46 bits per heavy atom. The molecule has 0 bridgehead atoms. The maximum absolute atomic E-state index is 9.33. The third-order valence-corrected chi connectivity index (χ3v) is 2.98. The van der Waals surface area contributed by atoms with Crippen LogP contribution in [0.25, 0.3) is 0 Å². The molecule has 0 radical (unpaired) electrons. The Morgan fingerprint density at radius 2 is 2.38 bits per heavy atom. The number of aliphatic imine (C=N–C) groups is 1. The van der Waals surface area contributed by atoms with E-state index in [0.29, 0.717) is 5.92 Å². The van der Waals surface area contributed by atoms with Crippen molar-refractivity contribution in [2.45, 2.75) is 38.2 Å². The van der Waals surface area contributed by atoms with E-state index in [4.69, 9.17) is 0 Å². The molecule has 1 aliphatic carbocycles. The number of hydrogen-bond acceptors (Lipinski definition) is 3. The second kappa shape index (κ2) is 4.09. The van der Waals surface area contributed by atoms with Gasteiger partial charge in [0.2, 0.25) is 0 Å². The maximum Gasteiger partial charge on any atom is 0.0963 e. The molecule has 74 valence electrons. The summed E-state index contributed by atoms with van der Waals surface area (Å²) < 4.78 is 0. The van der Waals surface area contributed by atoms with Gasteiger partial charge in [0.25, 0.3) is 0 Å². The van der Waals surface area contributed by atoms with Crippen molar-refractivity contribution in [1.82, 2.24) is 5.32 Å². The SMILES string of the molecule is OC1CCC(CNC2=NCCC2)C1. The van der Waals surface area contributed by atoms with Crippen molar-refractivity contribution in [3.63, 3.8) is 0 Å². The van der Waals surface area contributed by atoms with Crippen LogP contribution in [0.1, 0.15) is 32.1 Å². The minimum absolute atomic E-state index is 0.0442. The van der Waals surface area contributed by atoms with Gasteiger partial charge in [-0.1, -0.05) is 0 Å². The highest BCUT2D eigenvalue weighted by atomic mass is 16.3. The summed E-state index contributed by atoms with van der Waals surface area (Å²) in [6.07, 6.45) is 5.41. The van der Waals surface area contributed by atoms with Crippen LogP contribution in [-0.4, -0.2) is 30.1 Å². The molecule has 2 atom stereocenters. The third kappa shape index (κ3) is 2.44. The number of hydrogen-bond donors (Lipinski definition) is 2. The molecule has 3 nitrogen and oxygen atoms in total. The number of amidine groups is 1. The van der Waals surface area contributed by atoms with Gasteiger partial charge in [-0.15, -0.1) is 0 Å². The molecule has 2 aliphatic rings. The fraction of sp³-hybridized carbons (Fsp3) is 0.900. The smallest absolute Gasteiger partial charge is 0.0963 e. The van der Waals surface area contributed by atoms with Crippen molar-refractivity contribution in [3.05, 3.63) is 0 Å². The molecule has 0 aromatic rings. The van der Waals surface area contributed by atoms with E-state index >= 15 is 0 Å². The van der Waals surface area contributed by atoms with Gasteiger partial charge in [-0.05, 0) is 31.6 Å². The van der Waals surface area contributed by atoms with E-state index in [2.05, 4.69) is 10.3 Å². The van der Waals surface area contributed by atoms with Gasteiger partial charge in [0.05, 0.1) is 11.9 Å². The van der Waals surface area contributed by atoms with Crippen LogP contribution in [0.3, 0.4) is 0 Å². The highest BCUT2D eigenvalue weighted by molar-refractivity contribution is 5.83. The lowest BCUT2D eigenvalue weighted by Gasteiger charge is -2.11. The second-order valence-electron chi connectivity index (χ2n) is 4.15. The normalized spacial score (nSPS) is 33.5. The third-order valence-electron chi connectivity index (χ3n) is 2.98.